The van der Waals surface area contributed by atoms with Gasteiger partial charge >= 0.3 is 6.18 Å². The number of likely N-dealkylation sites (tertiary alicyclic amines) is 1. The summed E-state index contributed by atoms with van der Waals surface area (Å²) in [4.78, 5) is 2.22. The number of benzene rings is 2. The Labute approximate surface area is 167 Å². The van der Waals surface area contributed by atoms with Gasteiger partial charge in [-0.2, -0.15) is 13.2 Å². The second-order valence-corrected chi connectivity index (χ2v) is 8.14. The molecule has 29 heavy (non-hydrogen) atoms. The number of rotatable bonds is 4. The maximum absolute atomic E-state index is 12.9. The Bertz CT molecular complexity index is 876. The second kappa shape index (κ2) is 7.54. The van der Waals surface area contributed by atoms with Crippen LogP contribution in [0.1, 0.15) is 29.5 Å². The first-order valence-corrected chi connectivity index (χ1v) is 9.80. The van der Waals surface area contributed by atoms with Crippen molar-refractivity contribution in [2.45, 2.75) is 43.6 Å². The second-order valence-electron chi connectivity index (χ2n) is 8.14. The van der Waals surface area contributed by atoms with E-state index in [1.807, 2.05) is 0 Å². The zero-order chi connectivity index (χ0) is 20.6. The van der Waals surface area contributed by atoms with E-state index in [9.17, 15) is 23.4 Å². The standard InChI is InChI=1S/C22H24F3NO3/c23-22(24,25)17-3-1-2-15(10-17)13-21(28)6-8-26(9-7-21)14-19-12-16-11-18(27)4-5-20(16)29-19/h1-5,10-11,19,27-28H,6-9,12-14H2. The third-order valence-electron chi connectivity index (χ3n) is 5.82. The van der Waals surface area contributed by atoms with Gasteiger partial charge in [-0.05, 0) is 42.7 Å². The van der Waals surface area contributed by atoms with Crippen molar-refractivity contribution in [2.24, 2.45) is 0 Å². The number of hydrogen-bond acceptors (Lipinski definition) is 4. The van der Waals surface area contributed by atoms with Gasteiger partial charge in [0.1, 0.15) is 17.6 Å². The minimum absolute atomic E-state index is 0.00135. The van der Waals surface area contributed by atoms with Crippen LogP contribution in [-0.2, 0) is 19.0 Å². The molecule has 1 fully saturated rings. The zero-order valence-electron chi connectivity index (χ0n) is 16.0. The highest BCUT2D eigenvalue weighted by atomic mass is 19.4. The van der Waals surface area contributed by atoms with Crippen LogP contribution in [0.3, 0.4) is 0 Å². The van der Waals surface area contributed by atoms with E-state index in [2.05, 4.69) is 4.90 Å². The van der Waals surface area contributed by atoms with Crippen LogP contribution >= 0.6 is 0 Å². The Kier molecular flexibility index (Phi) is 5.21. The SMILES string of the molecule is Oc1ccc2c(c1)CC(CN1CCC(O)(Cc3cccc(C(F)(F)F)c3)CC1)O2. The fourth-order valence-corrected chi connectivity index (χ4v) is 4.26. The number of aromatic hydroxyl groups is 1. The number of hydrogen-bond donors (Lipinski definition) is 2. The highest BCUT2D eigenvalue weighted by molar-refractivity contribution is 5.42. The third kappa shape index (κ3) is 4.67. The number of alkyl halides is 3. The van der Waals surface area contributed by atoms with Crippen LogP contribution in [0.15, 0.2) is 42.5 Å². The zero-order valence-corrected chi connectivity index (χ0v) is 16.0. The van der Waals surface area contributed by atoms with Crippen LogP contribution in [0.5, 0.6) is 11.5 Å². The molecule has 4 nitrogen and oxygen atoms in total. The number of phenols is 1. The van der Waals surface area contributed by atoms with Gasteiger partial charge in [0.2, 0.25) is 0 Å². The molecule has 2 heterocycles. The van der Waals surface area contributed by atoms with Crippen LogP contribution < -0.4 is 4.74 Å². The molecule has 1 unspecified atom stereocenters. The maximum Gasteiger partial charge on any atom is 0.416 e. The Morgan fingerprint density at radius 2 is 1.86 bits per heavy atom. The van der Waals surface area contributed by atoms with Gasteiger partial charge in [0.05, 0.1) is 11.2 Å². The first-order chi connectivity index (χ1) is 13.7. The van der Waals surface area contributed by atoms with Crippen LogP contribution in [0, 0.1) is 0 Å². The van der Waals surface area contributed by atoms with Crippen LogP contribution in [0.4, 0.5) is 13.2 Å². The molecule has 0 radical (unpaired) electrons. The Morgan fingerprint density at radius 1 is 1.10 bits per heavy atom. The lowest BCUT2D eigenvalue weighted by molar-refractivity contribution is -0.137. The molecule has 2 N–H and O–H groups in total. The van der Waals surface area contributed by atoms with E-state index in [0.717, 1.165) is 36.4 Å². The van der Waals surface area contributed by atoms with Crippen molar-refractivity contribution >= 4 is 0 Å². The van der Waals surface area contributed by atoms with E-state index in [0.29, 0.717) is 31.5 Å². The summed E-state index contributed by atoms with van der Waals surface area (Å²) in [5.74, 6) is 1.02. The lowest BCUT2D eigenvalue weighted by Gasteiger charge is -2.39. The smallest absolute Gasteiger partial charge is 0.416 e. The minimum atomic E-state index is -4.38. The van der Waals surface area contributed by atoms with Gasteiger partial charge in [-0.15, -0.1) is 0 Å². The summed E-state index contributed by atoms with van der Waals surface area (Å²) in [5.41, 5.74) is -0.176. The molecule has 4 rings (SSSR count). The molecule has 0 saturated carbocycles. The van der Waals surface area contributed by atoms with Crippen molar-refractivity contribution in [1.82, 2.24) is 4.90 Å². The molecule has 0 aromatic heterocycles. The maximum atomic E-state index is 12.9. The van der Waals surface area contributed by atoms with E-state index < -0.39 is 17.3 Å². The third-order valence-corrected chi connectivity index (χ3v) is 5.82. The van der Waals surface area contributed by atoms with E-state index in [4.69, 9.17) is 4.74 Å². The van der Waals surface area contributed by atoms with Crippen LogP contribution in [0.2, 0.25) is 0 Å². The molecular formula is C22H24F3NO3. The van der Waals surface area contributed by atoms with E-state index in [-0.39, 0.29) is 18.3 Å². The van der Waals surface area contributed by atoms with Crippen molar-refractivity contribution in [3.63, 3.8) is 0 Å². The average Bonchev–Trinajstić information content (AvgIpc) is 3.04. The molecule has 1 atom stereocenters. The quantitative estimate of drug-likeness (QED) is 0.810. The van der Waals surface area contributed by atoms with Crippen molar-refractivity contribution in [3.05, 3.63) is 59.2 Å². The normalized spacial score (nSPS) is 21.6. The number of phenolic OH excluding ortho intramolecular Hbond substituents is 1. The molecule has 156 valence electrons. The first kappa shape index (κ1) is 20.0. The highest BCUT2D eigenvalue weighted by Gasteiger charge is 2.35. The lowest BCUT2D eigenvalue weighted by atomic mass is 9.85. The van der Waals surface area contributed by atoms with Gasteiger partial charge in [-0.3, -0.25) is 4.90 Å². The molecule has 7 heteroatoms. The number of piperidine rings is 1. The van der Waals surface area contributed by atoms with E-state index in [1.54, 1.807) is 24.3 Å². The molecule has 2 aliphatic rings. The van der Waals surface area contributed by atoms with Crippen molar-refractivity contribution in [3.8, 4) is 11.5 Å². The molecule has 0 spiro atoms. The van der Waals surface area contributed by atoms with Gasteiger partial charge in [0.25, 0.3) is 0 Å². The summed E-state index contributed by atoms with van der Waals surface area (Å²) in [6.45, 7) is 2.04. The van der Waals surface area contributed by atoms with Gasteiger partial charge in [0.15, 0.2) is 0 Å². The monoisotopic (exact) mass is 407 g/mol. The fourth-order valence-electron chi connectivity index (χ4n) is 4.26. The summed E-state index contributed by atoms with van der Waals surface area (Å²) in [5, 5.41) is 20.5. The lowest BCUT2D eigenvalue weighted by Crippen LogP contribution is -2.48. The van der Waals surface area contributed by atoms with Crippen molar-refractivity contribution in [2.75, 3.05) is 19.6 Å². The molecule has 0 aliphatic carbocycles. The number of nitrogens with zero attached hydrogens (tertiary/aromatic N) is 1. The van der Waals surface area contributed by atoms with Crippen LogP contribution in [0.25, 0.3) is 0 Å². The minimum Gasteiger partial charge on any atom is -0.508 e. The summed E-state index contributed by atoms with van der Waals surface area (Å²) < 4.78 is 44.7. The number of aliphatic hydroxyl groups is 1. The molecule has 1 saturated heterocycles. The summed E-state index contributed by atoms with van der Waals surface area (Å²) in [6, 6.07) is 10.3. The van der Waals surface area contributed by atoms with Gasteiger partial charge < -0.3 is 14.9 Å². The number of fused-ring (bicyclic) bond motifs is 1. The van der Waals surface area contributed by atoms with Crippen molar-refractivity contribution < 1.29 is 28.1 Å². The molecule has 2 aromatic rings. The van der Waals surface area contributed by atoms with Crippen LogP contribution in [-0.4, -0.2) is 46.5 Å². The molecular weight excluding hydrogens is 383 g/mol. The topological polar surface area (TPSA) is 52.9 Å². The molecule has 2 aromatic carbocycles. The van der Waals surface area contributed by atoms with Crippen molar-refractivity contribution in [1.29, 1.82) is 0 Å². The summed E-state index contributed by atoms with van der Waals surface area (Å²) >= 11 is 0. The van der Waals surface area contributed by atoms with Gasteiger partial charge in [0, 0.05) is 38.0 Å². The van der Waals surface area contributed by atoms with Gasteiger partial charge in [-0.25, -0.2) is 0 Å². The molecule has 2 aliphatic heterocycles. The highest BCUT2D eigenvalue weighted by Crippen LogP contribution is 2.34. The Balaban J connectivity index is 1.31. The Hall–Kier alpha value is -2.25. The van der Waals surface area contributed by atoms with E-state index >= 15 is 0 Å². The molecule has 0 bridgehead atoms. The molecule has 0 amide bonds. The average molecular weight is 407 g/mol. The fraction of sp³-hybridized carbons (Fsp3) is 0.455. The Morgan fingerprint density at radius 3 is 2.59 bits per heavy atom. The van der Waals surface area contributed by atoms with E-state index in [1.165, 1.54) is 6.07 Å². The van der Waals surface area contributed by atoms with Gasteiger partial charge in [-0.1, -0.05) is 18.2 Å². The largest absolute Gasteiger partial charge is 0.508 e. The predicted octanol–water partition coefficient (Wildman–Crippen LogP) is 3.78. The first-order valence-electron chi connectivity index (χ1n) is 9.80. The number of halogens is 3. The summed E-state index contributed by atoms with van der Waals surface area (Å²) in [6.07, 6.45) is -2.42. The predicted molar refractivity (Wildman–Crippen MR) is 102 cm³/mol. The number of ether oxygens (including phenoxy) is 1. The summed E-state index contributed by atoms with van der Waals surface area (Å²) in [7, 11) is 0.